The van der Waals surface area contributed by atoms with Crippen LogP contribution >= 0.6 is 11.8 Å². The lowest BCUT2D eigenvalue weighted by atomic mass is 10.1. The van der Waals surface area contributed by atoms with Crippen LogP contribution in [0.5, 0.6) is 0 Å². The Morgan fingerprint density at radius 1 is 0.750 bits per heavy atom. The Morgan fingerprint density at radius 3 is 1.65 bits per heavy atom. The Bertz CT molecular complexity index is 544. The number of alkyl halides is 3. The minimum Gasteiger partial charge on any atom is -0.207 e. The molecule has 5 heteroatoms. The molecule has 0 spiro atoms. The summed E-state index contributed by atoms with van der Waals surface area (Å²) in [6.45, 7) is 0. The van der Waals surface area contributed by atoms with Gasteiger partial charge >= 0.3 is 6.18 Å². The van der Waals surface area contributed by atoms with E-state index in [9.17, 15) is 17.6 Å². The highest BCUT2D eigenvalue weighted by atomic mass is 32.2. The predicted molar refractivity (Wildman–Crippen MR) is 72.8 cm³/mol. The van der Waals surface area contributed by atoms with Crippen molar-refractivity contribution in [1.82, 2.24) is 0 Å². The van der Waals surface area contributed by atoms with Gasteiger partial charge in [-0.2, -0.15) is 24.9 Å². The Balaban J connectivity index is 1.87. The van der Waals surface area contributed by atoms with Gasteiger partial charge in [0.15, 0.2) is 0 Å². The SMILES string of the molecule is Fc1ccc(CSCc2ccc(C(F)(F)F)cc2)cc1. The van der Waals surface area contributed by atoms with Crippen LogP contribution in [0.1, 0.15) is 16.7 Å². The zero-order valence-corrected chi connectivity index (χ0v) is 11.3. The maximum absolute atomic E-state index is 12.7. The highest BCUT2D eigenvalue weighted by Crippen LogP contribution is 2.29. The average molecular weight is 300 g/mol. The van der Waals surface area contributed by atoms with Crippen molar-refractivity contribution in [2.75, 3.05) is 0 Å². The van der Waals surface area contributed by atoms with Crippen LogP contribution in [-0.4, -0.2) is 0 Å². The average Bonchev–Trinajstić information content (AvgIpc) is 2.41. The molecule has 2 aromatic rings. The van der Waals surface area contributed by atoms with E-state index in [2.05, 4.69) is 0 Å². The molecule has 0 radical (unpaired) electrons. The predicted octanol–water partition coefficient (Wildman–Crippen LogP) is 5.28. The maximum Gasteiger partial charge on any atom is 0.416 e. The lowest BCUT2D eigenvalue weighted by molar-refractivity contribution is -0.137. The van der Waals surface area contributed by atoms with Crippen LogP contribution in [-0.2, 0) is 17.7 Å². The topological polar surface area (TPSA) is 0 Å². The summed E-state index contributed by atoms with van der Waals surface area (Å²) in [5, 5.41) is 0. The second-order valence-corrected chi connectivity index (χ2v) is 5.30. The number of hydrogen-bond donors (Lipinski definition) is 0. The normalized spacial score (nSPS) is 11.6. The molecule has 20 heavy (non-hydrogen) atoms. The smallest absolute Gasteiger partial charge is 0.207 e. The van der Waals surface area contributed by atoms with Gasteiger partial charge in [-0.25, -0.2) is 4.39 Å². The van der Waals surface area contributed by atoms with Gasteiger partial charge in [-0.15, -0.1) is 0 Å². The van der Waals surface area contributed by atoms with Crippen molar-refractivity contribution in [3.05, 3.63) is 71.0 Å². The number of halogens is 4. The van der Waals surface area contributed by atoms with Gasteiger partial charge in [-0.3, -0.25) is 0 Å². The summed E-state index contributed by atoms with van der Waals surface area (Å²) in [7, 11) is 0. The van der Waals surface area contributed by atoms with Gasteiger partial charge in [-0.05, 0) is 35.4 Å². The van der Waals surface area contributed by atoms with Gasteiger partial charge < -0.3 is 0 Å². The number of thioether (sulfide) groups is 1. The van der Waals surface area contributed by atoms with Gasteiger partial charge in [0.25, 0.3) is 0 Å². The third-order valence-corrected chi connectivity index (χ3v) is 3.81. The van der Waals surface area contributed by atoms with Crippen LogP contribution in [0, 0.1) is 5.82 Å². The zero-order valence-electron chi connectivity index (χ0n) is 10.5. The molecule has 0 heterocycles. The van der Waals surface area contributed by atoms with Gasteiger partial charge in [-0.1, -0.05) is 24.3 Å². The first-order chi connectivity index (χ1) is 9.45. The zero-order chi connectivity index (χ0) is 14.6. The van der Waals surface area contributed by atoms with Crippen molar-refractivity contribution < 1.29 is 17.6 Å². The van der Waals surface area contributed by atoms with Crippen LogP contribution in [0.4, 0.5) is 17.6 Å². The minimum absolute atomic E-state index is 0.276. The Morgan fingerprint density at radius 2 is 1.20 bits per heavy atom. The Labute approximate surface area is 118 Å². The molecule has 0 aliphatic heterocycles. The summed E-state index contributed by atoms with van der Waals surface area (Å²) >= 11 is 1.57. The summed E-state index contributed by atoms with van der Waals surface area (Å²) < 4.78 is 49.9. The van der Waals surface area contributed by atoms with Gasteiger partial charge in [0.1, 0.15) is 5.82 Å². The summed E-state index contributed by atoms with van der Waals surface area (Å²) in [5.41, 5.74) is 1.19. The molecule has 0 unspecified atom stereocenters. The van der Waals surface area contributed by atoms with E-state index in [1.165, 1.54) is 24.3 Å². The molecule has 2 aromatic carbocycles. The minimum atomic E-state index is -4.29. The summed E-state index contributed by atoms with van der Waals surface area (Å²) in [6.07, 6.45) is -4.29. The highest BCUT2D eigenvalue weighted by Gasteiger charge is 2.29. The molecular weight excluding hydrogens is 288 g/mol. The number of rotatable bonds is 4. The fraction of sp³-hybridized carbons (Fsp3) is 0.200. The van der Waals surface area contributed by atoms with E-state index < -0.39 is 11.7 Å². The van der Waals surface area contributed by atoms with E-state index in [0.717, 1.165) is 23.3 Å². The molecule has 106 valence electrons. The molecule has 0 nitrogen and oxygen atoms in total. The quantitative estimate of drug-likeness (QED) is 0.692. The summed E-state index contributed by atoms with van der Waals surface area (Å²) in [4.78, 5) is 0. The molecular formula is C15H12F4S. The first kappa shape index (κ1) is 14.9. The third-order valence-electron chi connectivity index (χ3n) is 2.73. The van der Waals surface area contributed by atoms with E-state index in [0.29, 0.717) is 11.5 Å². The molecule has 0 atom stereocenters. The number of hydrogen-bond acceptors (Lipinski definition) is 1. The molecule has 2 rings (SSSR count). The van der Waals surface area contributed by atoms with Crippen LogP contribution < -0.4 is 0 Å². The van der Waals surface area contributed by atoms with E-state index in [4.69, 9.17) is 0 Å². The van der Waals surface area contributed by atoms with Crippen molar-refractivity contribution in [2.24, 2.45) is 0 Å². The molecule has 0 saturated carbocycles. The first-order valence-electron chi connectivity index (χ1n) is 5.93. The standard InChI is InChI=1S/C15H12F4S/c16-14-7-3-12(4-8-14)10-20-9-11-1-5-13(6-2-11)15(17,18)19/h1-8H,9-10H2. The third kappa shape index (κ3) is 4.27. The molecule has 0 fully saturated rings. The molecule has 0 aromatic heterocycles. The van der Waals surface area contributed by atoms with Crippen molar-refractivity contribution in [3.63, 3.8) is 0 Å². The Hall–Kier alpha value is -1.49. The largest absolute Gasteiger partial charge is 0.416 e. The van der Waals surface area contributed by atoms with Gasteiger partial charge in [0.2, 0.25) is 0 Å². The highest BCUT2D eigenvalue weighted by molar-refractivity contribution is 7.97. The summed E-state index contributed by atoms with van der Waals surface area (Å²) in [6, 6.07) is 11.4. The van der Waals surface area contributed by atoms with Crippen molar-refractivity contribution in [2.45, 2.75) is 17.7 Å². The second kappa shape index (κ2) is 6.31. The molecule has 0 saturated heterocycles. The van der Waals surface area contributed by atoms with Crippen molar-refractivity contribution >= 4 is 11.8 Å². The van der Waals surface area contributed by atoms with Crippen molar-refractivity contribution in [3.8, 4) is 0 Å². The fourth-order valence-corrected chi connectivity index (χ4v) is 2.62. The lowest BCUT2D eigenvalue weighted by Gasteiger charge is -2.07. The molecule has 0 bridgehead atoms. The monoisotopic (exact) mass is 300 g/mol. The molecule has 0 amide bonds. The summed E-state index contributed by atoms with van der Waals surface area (Å²) in [5.74, 6) is 1.04. The van der Waals surface area contributed by atoms with Crippen LogP contribution in [0.25, 0.3) is 0 Å². The second-order valence-electron chi connectivity index (χ2n) is 4.31. The van der Waals surface area contributed by atoms with E-state index in [-0.39, 0.29) is 5.82 Å². The fourth-order valence-electron chi connectivity index (χ4n) is 1.66. The van der Waals surface area contributed by atoms with Crippen LogP contribution in [0.2, 0.25) is 0 Å². The molecule has 0 aliphatic rings. The molecule has 0 N–H and O–H groups in total. The van der Waals surface area contributed by atoms with Gasteiger partial charge in [0.05, 0.1) is 5.56 Å². The van der Waals surface area contributed by atoms with E-state index in [1.54, 1.807) is 23.9 Å². The molecule has 0 aliphatic carbocycles. The maximum atomic E-state index is 12.7. The van der Waals surface area contributed by atoms with Crippen LogP contribution in [0.15, 0.2) is 48.5 Å². The van der Waals surface area contributed by atoms with Crippen molar-refractivity contribution in [1.29, 1.82) is 0 Å². The van der Waals surface area contributed by atoms with E-state index in [1.807, 2.05) is 0 Å². The van der Waals surface area contributed by atoms with Gasteiger partial charge in [0, 0.05) is 11.5 Å². The number of benzene rings is 2. The van der Waals surface area contributed by atoms with Crippen LogP contribution in [0.3, 0.4) is 0 Å². The lowest BCUT2D eigenvalue weighted by Crippen LogP contribution is -2.04. The Kier molecular flexibility index (Phi) is 4.70. The van der Waals surface area contributed by atoms with E-state index >= 15 is 0 Å². The first-order valence-corrected chi connectivity index (χ1v) is 7.09.